The summed E-state index contributed by atoms with van der Waals surface area (Å²) in [5, 5.41) is 12.2. The van der Waals surface area contributed by atoms with Gasteiger partial charge < -0.3 is 0 Å². The number of carbonyl (C=O) groups excluding carboxylic acids is 1. The number of thioether (sulfide) groups is 1. The number of rotatable bonds is 6. The van der Waals surface area contributed by atoms with E-state index in [4.69, 9.17) is 0 Å². The molecule has 1 amide bonds. The lowest BCUT2D eigenvalue weighted by Crippen LogP contribution is -2.24. The summed E-state index contributed by atoms with van der Waals surface area (Å²) < 4.78 is 3.03. The fraction of sp³-hybridized carbons (Fsp3) is 0.158. The number of anilines is 1. The second kappa shape index (κ2) is 8.69. The minimum absolute atomic E-state index is 0.0785. The Morgan fingerprint density at radius 3 is 2.68 bits per heavy atom. The van der Waals surface area contributed by atoms with E-state index in [9.17, 15) is 4.79 Å². The average Bonchev–Trinajstić information content (AvgIpc) is 3.33. The molecule has 1 N–H and O–H groups in total. The quantitative estimate of drug-likeness (QED) is 0.331. The van der Waals surface area contributed by atoms with Crippen LogP contribution in [0.25, 0.3) is 20.8 Å². The summed E-state index contributed by atoms with van der Waals surface area (Å²) in [6, 6.07) is 15.8. The number of hydrogen-bond acceptors (Lipinski definition) is 7. The minimum Gasteiger partial charge on any atom is -0.300 e. The second-order valence-corrected chi connectivity index (χ2v) is 10.2. The number of para-hydroxylation sites is 1. The van der Waals surface area contributed by atoms with Crippen LogP contribution >= 0.6 is 50.4 Å². The molecule has 0 spiro atoms. The number of fused-ring (bicyclic) bond motifs is 1. The maximum atomic E-state index is 12.7. The third kappa shape index (κ3) is 4.43. The number of thiazole rings is 1. The summed E-state index contributed by atoms with van der Waals surface area (Å²) >= 11 is 7.89. The molecule has 2 heterocycles. The van der Waals surface area contributed by atoms with Crippen molar-refractivity contribution < 1.29 is 4.79 Å². The number of nitrogens with one attached hydrogen (secondary N) is 1. The number of benzene rings is 2. The van der Waals surface area contributed by atoms with E-state index in [2.05, 4.69) is 36.4 Å². The normalized spacial score (nSPS) is 12.2. The largest absolute Gasteiger partial charge is 0.300 e. The number of nitrogens with zero attached hydrogens (tertiary/aromatic N) is 3. The van der Waals surface area contributed by atoms with Gasteiger partial charge in [0, 0.05) is 10.0 Å². The fourth-order valence-electron chi connectivity index (χ4n) is 2.51. The van der Waals surface area contributed by atoms with E-state index < -0.39 is 0 Å². The topological polar surface area (TPSA) is 67.8 Å². The first kappa shape index (κ1) is 19.5. The summed E-state index contributed by atoms with van der Waals surface area (Å²) in [5.74, 6) is -0.0785. The molecule has 2 aromatic heterocycles. The Morgan fingerprint density at radius 2 is 1.93 bits per heavy atom. The molecule has 9 heteroatoms. The predicted octanol–water partition coefficient (Wildman–Crippen LogP) is 6.09. The molecule has 0 bridgehead atoms. The van der Waals surface area contributed by atoms with Crippen molar-refractivity contribution in [2.24, 2.45) is 0 Å². The highest BCUT2D eigenvalue weighted by atomic mass is 79.9. The van der Waals surface area contributed by atoms with E-state index >= 15 is 0 Å². The first-order chi connectivity index (χ1) is 13.6. The summed E-state index contributed by atoms with van der Waals surface area (Å²) in [5.41, 5.74) is 1.94. The zero-order valence-corrected chi connectivity index (χ0v) is 18.8. The first-order valence-corrected chi connectivity index (χ1v) is 11.9. The molecule has 4 rings (SSSR count). The van der Waals surface area contributed by atoms with E-state index in [1.807, 2.05) is 55.5 Å². The molecule has 5 nitrogen and oxygen atoms in total. The Balaban J connectivity index is 1.45. The highest BCUT2D eigenvalue weighted by Gasteiger charge is 2.21. The van der Waals surface area contributed by atoms with E-state index in [1.165, 1.54) is 23.1 Å². The van der Waals surface area contributed by atoms with Crippen molar-refractivity contribution in [1.29, 1.82) is 0 Å². The van der Waals surface area contributed by atoms with Crippen molar-refractivity contribution >= 4 is 71.6 Å². The lowest BCUT2D eigenvalue weighted by Gasteiger charge is -2.11. The molecule has 4 aromatic rings. The first-order valence-electron chi connectivity index (χ1n) is 8.55. The van der Waals surface area contributed by atoms with E-state index in [1.54, 1.807) is 11.3 Å². The number of amides is 1. The summed E-state index contributed by atoms with van der Waals surface area (Å²) in [6.45, 7) is 2.00. The van der Waals surface area contributed by atoms with Crippen molar-refractivity contribution in [1.82, 2.24) is 15.2 Å². The highest BCUT2D eigenvalue weighted by molar-refractivity contribution is 9.10. The van der Waals surface area contributed by atoms with Crippen molar-refractivity contribution in [3.8, 4) is 10.6 Å². The second-order valence-electron chi connectivity index (χ2n) is 5.87. The smallest absolute Gasteiger partial charge is 0.239 e. The van der Waals surface area contributed by atoms with Gasteiger partial charge in [-0.05, 0) is 30.7 Å². The van der Waals surface area contributed by atoms with Crippen molar-refractivity contribution in [3.63, 3.8) is 0 Å². The fourth-order valence-corrected chi connectivity index (χ4v) is 5.76. The van der Waals surface area contributed by atoms with E-state index in [0.29, 0.717) is 11.6 Å². The van der Waals surface area contributed by atoms with Gasteiger partial charge in [-0.3, -0.25) is 10.1 Å². The van der Waals surface area contributed by atoms with Crippen LogP contribution in [0.1, 0.15) is 13.3 Å². The monoisotopic (exact) mass is 490 g/mol. The third-order valence-electron chi connectivity index (χ3n) is 3.93. The zero-order chi connectivity index (χ0) is 19.5. The van der Waals surface area contributed by atoms with Crippen LogP contribution in [0.15, 0.2) is 57.3 Å². The maximum Gasteiger partial charge on any atom is 0.239 e. The van der Waals surface area contributed by atoms with Gasteiger partial charge in [-0.2, -0.15) is 0 Å². The molecule has 0 aliphatic rings. The molecule has 0 fully saturated rings. The van der Waals surface area contributed by atoms with Crippen LogP contribution in [-0.2, 0) is 4.79 Å². The molecule has 0 aliphatic carbocycles. The maximum absolute atomic E-state index is 12.7. The standard InChI is InChI=1S/C19H15BrN4OS3/c1-2-14(26-19-21-13-5-3-4-6-15(13)27-19)16(25)22-18-24-23-17(28-18)11-7-9-12(20)10-8-11/h3-10,14H,2H2,1H3,(H,22,24,25). The molecular weight excluding hydrogens is 476 g/mol. The van der Waals surface area contributed by atoms with Crippen LogP contribution in [0.2, 0.25) is 0 Å². The Labute approximate surface area is 182 Å². The SMILES string of the molecule is CCC(Sc1nc2ccccc2s1)C(=O)Nc1nnc(-c2ccc(Br)cc2)s1. The molecule has 1 unspecified atom stereocenters. The number of carbonyl (C=O) groups is 1. The van der Waals surface area contributed by atoms with E-state index in [-0.39, 0.29) is 11.2 Å². The number of aromatic nitrogens is 3. The Bertz CT molecular complexity index is 1080. The van der Waals surface area contributed by atoms with Crippen LogP contribution < -0.4 is 5.32 Å². The van der Waals surface area contributed by atoms with Gasteiger partial charge in [0.1, 0.15) is 5.01 Å². The van der Waals surface area contributed by atoms with Gasteiger partial charge in [0.15, 0.2) is 4.34 Å². The average molecular weight is 491 g/mol. The summed E-state index contributed by atoms with van der Waals surface area (Å²) in [6.07, 6.45) is 0.699. The van der Waals surface area contributed by atoms with Crippen LogP contribution in [0.4, 0.5) is 5.13 Å². The molecule has 1 atom stereocenters. The van der Waals surface area contributed by atoms with Gasteiger partial charge in [-0.1, -0.05) is 70.2 Å². The van der Waals surface area contributed by atoms with Gasteiger partial charge in [0.25, 0.3) is 0 Å². The van der Waals surface area contributed by atoms with Gasteiger partial charge in [0.05, 0.1) is 15.5 Å². The predicted molar refractivity (Wildman–Crippen MR) is 121 cm³/mol. The van der Waals surface area contributed by atoms with Crippen LogP contribution in [0, 0.1) is 0 Å². The summed E-state index contributed by atoms with van der Waals surface area (Å²) in [7, 11) is 0. The van der Waals surface area contributed by atoms with Crippen LogP contribution in [0.5, 0.6) is 0 Å². The van der Waals surface area contributed by atoms with Gasteiger partial charge in [-0.15, -0.1) is 21.5 Å². The van der Waals surface area contributed by atoms with Crippen molar-refractivity contribution in [3.05, 3.63) is 53.0 Å². The van der Waals surface area contributed by atoms with Gasteiger partial charge >= 0.3 is 0 Å². The van der Waals surface area contributed by atoms with Crippen LogP contribution in [0.3, 0.4) is 0 Å². The van der Waals surface area contributed by atoms with Crippen LogP contribution in [-0.4, -0.2) is 26.3 Å². The van der Waals surface area contributed by atoms with Gasteiger partial charge in [-0.25, -0.2) is 4.98 Å². The Hall–Kier alpha value is -1.81. The molecule has 142 valence electrons. The van der Waals surface area contributed by atoms with Crippen molar-refractivity contribution in [2.75, 3.05) is 5.32 Å². The zero-order valence-electron chi connectivity index (χ0n) is 14.8. The molecular formula is C19H15BrN4OS3. The molecule has 0 radical (unpaired) electrons. The summed E-state index contributed by atoms with van der Waals surface area (Å²) in [4.78, 5) is 17.3. The lowest BCUT2D eigenvalue weighted by molar-refractivity contribution is -0.115. The van der Waals surface area contributed by atoms with Crippen molar-refractivity contribution in [2.45, 2.75) is 22.9 Å². The minimum atomic E-state index is -0.236. The Morgan fingerprint density at radius 1 is 1.14 bits per heavy atom. The molecule has 28 heavy (non-hydrogen) atoms. The molecule has 0 saturated heterocycles. The molecule has 0 saturated carbocycles. The number of halogens is 1. The van der Waals surface area contributed by atoms with E-state index in [0.717, 1.165) is 29.6 Å². The van der Waals surface area contributed by atoms with Gasteiger partial charge in [0.2, 0.25) is 11.0 Å². The highest BCUT2D eigenvalue weighted by Crippen LogP contribution is 2.34. The Kier molecular flexibility index (Phi) is 6.05. The molecule has 2 aromatic carbocycles. The molecule has 0 aliphatic heterocycles. The number of hydrogen-bond donors (Lipinski definition) is 1. The lowest BCUT2D eigenvalue weighted by atomic mass is 10.2. The third-order valence-corrected chi connectivity index (χ3v) is 7.84.